The fourth-order valence-corrected chi connectivity index (χ4v) is 5.79. The number of hydrogen-bond donors (Lipinski definition) is 2. The summed E-state index contributed by atoms with van der Waals surface area (Å²) in [6, 6.07) is 12.5. The van der Waals surface area contributed by atoms with E-state index in [4.69, 9.17) is 14.2 Å². The molecule has 2 aliphatic rings. The van der Waals surface area contributed by atoms with E-state index in [0.717, 1.165) is 11.1 Å². The topological polar surface area (TPSA) is 161 Å². The van der Waals surface area contributed by atoms with E-state index >= 15 is 0 Å². The summed E-state index contributed by atoms with van der Waals surface area (Å²) in [5, 5.41) is 5.33. The third-order valence-corrected chi connectivity index (χ3v) is 8.30. The van der Waals surface area contributed by atoms with E-state index in [1.807, 2.05) is 0 Å². The maximum atomic E-state index is 12.8. The molecule has 0 radical (unpaired) electrons. The average molecular weight is 707 g/mol. The van der Waals surface area contributed by atoms with Gasteiger partial charge in [-0.1, -0.05) is 48.5 Å². The molecular weight excluding hydrogens is 656 g/mol. The number of rotatable bonds is 12. The van der Waals surface area contributed by atoms with Gasteiger partial charge in [0.25, 0.3) is 0 Å². The van der Waals surface area contributed by atoms with E-state index in [-0.39, 0.29) is 36.5 Å². The second kappa shape index (κ2) is 17.0. The first kappa shape index (κ1) is 39.0. The molecule has 2 fully saturated rings. The van der Waals surface area contributed by atoms with E-state index in [0.29, 0.717) is 63.1 Å². The van der Waals surface area contributed by atoms with E-state index in [1.54, 1.807) is 90.1 Å². The maximum absolute atomic E-state index is 12.8. The molecule has 2 atom stereocenters. The molecule has 13 nitrogen and oxygen atoms in total. The lowest BCUT2D eigenvalue weighted by molar-refractivity contribution is -0.125. The van der Waals surface area contributed by atoms with Gasteiger partial charge in [0.15, 0.2) is 11.6 Å². The van der Waals surface area contributed by atoms with Crippen LogP contribution in [-0.2, 0) is 37.0 Å². The van der Waals surface area contributed by atoms with E-state index in [1.165, 1.54) is 9.80 Å². The van der Waals surface area contributed by atoms with Gasteiger partial charge in [-0.15, -0.1) is 0 Å². The lowest BCUT2D eigenvalue weighted by Gasteiger charge is -2.28. The smallest absolute Gasteiger partial charge is 0.410 e. The molecular formula is C38H50N4O9. The molecule has 2 N–H and O–H groups in total. The first-order chi connectivity index (χ1) is 24.0. The lowest BCUT2D eigenvalue weighted by atomic mass is 10.1. The van der Waals surface area contributed by atoms with Crippen LogP contribution in [-0.4, -0.2) is 94.8 Å². The Labute approximate surface area is 299 Å². The maximum Gasteiger partial charge on any atom is 0.410 e. The zero-order valence-corrected chi connectivity index (χ0v) is 30.4. The van der Waals surface area contributed by atoms with Gasteiger partial charge < -0.3 is 24.8 Å². The summed E-state index contributed by atoms with van der Waals surface area (Å²) < 4.78 is 16.7. The highest BCUT2D eigenvalue weighted by Crippen LogP contribution is 2.22. The number of nitrogens with one attached hydrogen (secondary N) is 2. The van der Waals surface area contributed by atoms with Crippen LogP contribution in [0, 0.1) is 0 Å². The lowest BCUT2D eigenvalue weighted by Crippen LogP contribution is -2.48. The van der Waals surface area contributed by atoms with Crippen molar-refractivity contribution < 1.29 is 43.0 Å². The molecule has 2 saturated heterocycles. The van der Waals surface area contributed by atoms with E-state index < -0.39 is 35.5 Å². The van der Waals surface area contributed by atoms with Gasteiger partial charge in [-0.3, -0.25) is 29.0 Å². The molecule has 0 spiro atoms. The Bertz CT molecular complexity index is 1460. The van der Waals surface area contributed by atoms with Crippen LogP contribution in [0.5, 0.6) is 0 Å². The Hall–Kier alpha value is -4.78. The van der Waals surface area contributed by atoms with Gasteiger partial charge in [0.05, 0.1) is 26.3 Å². The van der Waals surface area contributed by atoms with Gasteiger partial charge in [-0.2, -0.15) is 0 Å². The number of benzene rings is 2. The summed E-state index contributed by atoms with van der Waals surface area (Å²) in [5.74, 6) is -1.27. The fourth-order valence-electron chi connectivity index (χ4n) is 5.79. The van der Waals surface area contributed by atoms with Gasteiger partial charge in [-0.25, -0.2) is 9.59 Å². The summed E-state index contributed by atoms with van der Waals surface area (Å²) in [6.07, 6.45) is 1.31. The van der Waals surface area contributed by atoms with Crippen LogP contribution in [0.25, 0.3) is 0 Å². The third kappa shape index (κ3) is 11.6. The molecule has 0 aliphatic carbocycles. The number of hydrogen-bond acceptors (Lipinski definition) is 9. The molecule has 4 rings (SSSR count). The number of carbonyl (C=O) groups excluding carboxylic acids is 6. The number of Topliss-reactive ketones (excluding diaryl/α,β-unsaturated/α-hetero) is 2. The predicted octanol–water partition coefficient (Wildman–Crippen LogP) is 4.80. The molecule has 0 bridgehead atoms. The SMILES string of the molecule is CC(C)(C)OC(=O)N1CCC[C@H]1C(=O)NCC(=O)c1ccc(COCc2ccc(C(=O)CNC(=O)[C@@H]3CCCN3C(=O)OC(C)(C)C)cc2)cc1. The Morgan fingerprint density at radius 1 is 0.608 bits per heavy atom. The van der Waals surface area contributed by atoms with Crippen molar-refractivity contribution in [1.29, 1.82) is 0 Å². The van der Waals surface area contributed by atoms with Crippen LogP contribution in [0.15, 0.2) is 48.5 Å². The summed E-state index contributed by atoms with van der Waals surface area (Å²) in [6.45, 7) is 11.7. The number of amides is 4. The molecule has 0 saturated carbocycles. The van der Waals surface area contributed by atoms with Gasteiger partial charge in [0.2, 0.25) is 11.8 Å². The molecule has 51 heavy (non-hydrogen) atoms. The number of likely N-dealkylation sites (tertiary alicyclic amines) is 2. The number of ether oxygens (including phenoxy) is 3. The van der Waals surface area contributed by atoms with Crippen molar-refractivity contribution in [3.63, 3.8) is 0 Å². The number of carbonyl (C=O) groups is 6. The molecule has 0 unspecified atom stereocenters. The highest BCUT2D eigenvalue weighted by molar-refractivity contribution is 6.01. The van der Waals surface area contributed by atoms with Crippen LogP contribution in [0.1, 0.15) is 99.1 Å². The van der Waals surface area contributed by atoms with Crippen molar-refractivity contribution in [2.45, 2.75) is 104 Å². The predicted molar refractivity (Wildman–Crippen MR) is 188 cm³/mol. The molecule has 2 aromatic rings. The van der Waals surface area contributed by atoms with Crippen LogP contribution in [0.2, 0.25) is 0 Å². The van der Waals surface area contributed by atoms with Crippen molar-refractivity contribution in [3.8, 4) is 0 Å². The van der Waals surface area contributed by atoms with Crippen LogP contribution in [0.4, 0.5) is 9.59 Å². The molecule has 276 valence electrons. The third-order valence-electron chi connectivity index (χ3n) is 8.30. The Morgan fingerprint density at radius 3 is 1.29 bits per heavy atom. The molecule has 2 heterocycles. The summed E-state index contributed by atoms with van der Waals surface area (Å²) in [5.41, 5.74) is 1.24. The van der Waals surface area contributed by atoms with Crippen molar-refractivity contribution in [2.24, 2.45) is 0 Å². The minimum absolute atomic E-state index is 0.189. The summed E-state index contributed by atoms with van der Waals surface area (Å²) in [7, 11) is 0. The standard InChI is InChI=1S/C38H50N4O9/c1-37(2,3)50-35(47)41-19-7-9-29(41)33(45)39-21-31(43)27-15-11-25(12-16-27)23-49-24-26-13-17-28(18-14-26)32(44)22-40-34(46)30-10-8-20-42(30)36(48)51-38(4,5)6/h11-18,29-30H,7-10,19-24H2,1-6H3,(H,39,45)(H,40,46)/t29-,30-/m0/s1. The van der Waals surface area contributed by atoms with Gasteiger partial charge in [0.1, 0.15) is 23.3 Å². The van der Waals surface area contributed by atoms with Crippen molar-refractivity contribution >= 4 is 35.6 Å². The van der Waals surface area contributed by atoms with Crippen molar-refractivity contribution in [1.82, 2.24) is 20.4 Å². The minimum atomic E-state index is -0.670. The minimum Gasteiger partial charge on any atom is -0.444 e. The highest BCUT2D eigenvalue weighted by Gasteiger charge is 2.38. The van der Waals surface area contributed by atoms with Crippen LogP contribution in [0.3, 0.4) is 0 Å². The quantitative estimate of drug-likeness (QED) is 0.296. The van der Waals surface area contributed by atoms with Gasteiger partial charge in [-0.05, 0) is 78.4 Å². The molecule has 2 aliphatic heterocycles. The van der Waals surface area contributed by atoms with Crippen LogP contribution >= 0.6 is 0 Å². The Morgan fingerprint density at radius 2 is 0.961 bits per heavy atom. The average Bonchev–Trinajstić information content (AvgIpc) is 3.76. The second-order valence-corrected chi connectivity index (χ2v) is 14.8. The molecule has 4 amide bonds. The van der Waals surface area contributed by atoms with E-state index in [9.17, 15) is 28.8 Å². The number of ketones is 2. The van der Waals surface area contributed by atoms with Crippen LogP contribution < -0.4 is 10.6 Å². The Balaban J connectivity index is 1.17. The first-order valence-corrected chi connectivity index (χ1v) is 17.4. The molecule has 13 heteroatoms. The first-order valence-electron chi connectivity index (χ1n) is 17.4. The zero-order chi connectivity index (χ0) is 37.3. The highest BCUT2D eigenvalue weighted by atomic mass is 16.6. The largest absolute Gasteiger partial charge is 0.444 e. The molecule has 2 aromatic carbocycles. The zero-order valence-electron chi connectivity index (χ0n) is 30.4. The fraction of sp³-hybridized carbons (Fsp3) is 0.526. The normalized spacial score (nSPS) is 17.5. The van der Waals surface area contributed by atoms with Gasteiger partial charge >= 0.3 is 12.2 Å². The monoisotopic (exact) mass is 706 g/mol. The van der Waals surface area contributed by atoms with Crippen molar-refractivity contribution in [2.75, 3.05) is 26.2 Å². The summed E-state index contributed by atoms with van der Waals surface area (Å²) >= 11 is 0. The number of nitrogens with zero attached hydrogens (tertiary/aromatic N) is 2. The Kier molecular flexibility index (Phi) is 13.0. The molecule has 0 aromatic heterocycles. The van der Waals surface area contributed by atoms with Crippen molar-refractivity contribution in [3.05, 3.63) is 70.8 Å². The second-order valence-electron chi connectivity index (χ2n) is 14.8. The summed E-state index contributed by atoms with van der Waals surface area (Å²) in [4.78, 5) is 78.9. The van der Waals surface area contributed by atoms with Gasteiger partial charge in [0, 0.05) is 24.2 Å². The van der Waals surface area contributed by atoms with E-state index in [2.05, 4.69) is 10.6 Å².